The van der Waals surface area contributed by atoms with Crippen LogP contribution >= 0.6 is 12.4 Å². The van der Waals surface area contributed by atoms with E-state index in [1.807, 2.05) is 18.2 Å². The fourth-order valence-corrected chi connectivity index (χ4v) is 3.93. The molecule has 0 radical (unpaired) electrons. The second-order valence-corrected chi connectivity index (χ2v) is 6.62. The van der Waals surface area contributed by atoms with Crippen LogP contribution in [0.2, 0.25) is 0 Å². The Balaban J connectivity index is 0.00000176. The predicted octanol–water partition coefficient (Wildman–Crippen LogP) is 3.18. The first-order valence-electron chi connectivity index (χ1n) is 8.32. The van der Waals surface area contributed by atoms with E-state index in [1.54, 1.807) is 0 Å². The van der Waals surface area contributed by atoms with Crippen molar-refractivity contribution in [2.24, 2.45) is 0 Å². The summed E-state index contributed by atoms with van der Waals surface area (Å²) in [4.78, 5) is 13.0. The lowest BCUT2D eigenvalue weighted by atomic mass is 9.77. The van der Waals surface area contributed by atoms with Crippen LogP contribution in [0.3, 0.4) is 0 Å². The number of hydrogen-bond donors (Lipinski definition) is 2. The van der Waals surface area contributed by atoms with E-state index in [4.69, 9.17) is 0 Å². The zero-order valence-corrected chi connectivity index (χ0v) is 14.1. The fraction of sp³-hybridized carbons (Fsp3) is 0.611. The van der Waals surface area contributed by atoms with Crippen LogP contribution in [-0.2, 0) is 10.2 Å². The molecular formula is C18H27ClN2O. The maximum Gasteiger partial charge on any atom is 0.230 e. The van der Waals surface area contributed by atoms with Crippen molar-refractivity contribution in [2.75, 3.05) is 6.54 Å². The SMILES string of the molecule is CC1NCCCC1NC(=O)C1(c2ccccc2)CCCC1.Cl. The molecule has 3 nitrogen and oxygen atoms in total. The van der Waals surface area contributed by atoms with Gasteiger partial charge in [-0.2, -0.15) is 0 Å². The molecule has 1 heterocycles. The summed E-state index contributed by atoms with van der Waals surface area (Å²) in [7, 11) is 0. The van der Waals surface area contributed by atoms with Crippen LogP contribution in [0.25, 0.3) is 0 Å². The van der Waals surface area contributed by atoms with Crippen LogP contribution in [0.5, 0.6) is 0 Å². The first-order valence-corrected chi connectivity index (χ1v) is 8.32. The molecule has 1 saturated carbocycles. The van der Waals surface area contributed by atoms with Crippen molar-refractivity contribution in [3.05, 3.63) is 35.9 Å². The minimum atomic E-state index is -0.293. The van der Waals surface area contributed by atoms with Gasteiger partial charge in [-0.15, -0.1) is 12.4 Å². The Bertz CT molecular complexity index is 485. The topological polar surface area (TPSA) is 41.1 Å². The van der Waals surface area contributed by atoms with E-state index in [-0.39, 0.29) is 29.8 Å². The average Bonchev–Trinajstić information content (AvgIpc) is 3.01. The van der Waals surface area contributed by atoms with Gasteiger partial charge in [0.15, 0.2) is 0 Å². The summed E-state index contributed by atoms with van der Waals surface area (Å²) in [6.45, 7) is 3.24. The summed E-state index contributed by atoms with van der Waals surface area (Å²) >= 11 is 0. The molecule has 1 amide bonds. The monoisotopic (exact) mass is 322 g/mol. The number of hydrogen-bond acceptors (Lipinski definition) is 2. The van der Waals surface area contributed by atoms with Gasteiger partial charge in [-0.25, -0.2) is 0 Å². The zero-order valence-electron chi connectivity index (χ0n) is 13.3. The van der Waals surface area contributed by atoms with Gasteiger partial charge in [0.25, 0.3) is 0 Å². The smallest absolute Gasteiger partial charge is 0.230 e. The highest BCUT2D eigenvalue weighted by atomic mass is 35.5. The van der Waals surface area contributed by atoms with Crippen molar-refractivity contribution in [2.45, 2.75) is 62.9 Å². The quantitative estimate of drug-likeness (QED) is 0.897. The summed E-state index contributed by atoms with van der Waals surface area (Å²) in [5.41, 5.74) is 0.898. The van der Waals surface area contributed by atoms with Gasteiger partial charge in [-0.1, -0.05) is 43.2 Å². The maximum atomic E-state index is 13.0. The Kier molecular flexibility index (Phi) is 5.87. The number of piperidine rings is 1. The van der Waals surface area contributed by atoms with Crippen LogP contribution in [0, 0.1) is 0 Å². The summed E-state index contributed by atoms with van der Waals surface area (Å²) in [6.07, 6.45) is 6.51. The second-order valence-electron chi connectivity index (χ2n) is 6.62. The van der Waals surface area contributed by atoms with E-state index < -0.39 is 0 Å². The summed E-state index contributed by atoms with van der Waals surface area (Å²) in [5, 5.41) is 6.81. The number of nitrogens with one attached hydrogen (secondary N) is 2. The largest absolute Gasteiger partial charge is 0.351 e. The van der Waals surface area contributed by atoms with Gasteiger partial charge in [0.05, 0.1) is 5.41 Å². The number of amides is 1. The first kappa shape index (κ1) is 17.3. The third kappa shape index (κ3) is 3.31. The molecule has 2 fully saturated rings. The van der Waals surface area contributed by atoms with Gasteiger partial charge < -0.3 is 10.6 Å². The van der Waals surface area contributed by atoms with Crippen molar-refractivity contribution in [3.8, 4) is 0 Å². The second kappa shape index (κ2) is 7.47. The maximum absolute atomic E-state index is 13.0. The molecule has 0 aromatic heterocycles. The van der Waals surface area contributed by atoms with Crippen LogP contribution < -0.4 is 10.6 Å². The molecule has 1 aromatic rings. The Labute approximate surface area is 139 Å². The van der Waals surface area contributed by atoms with Crippen molar-refractivity contribution in [1.82, 2.24) is 10.6 Å². The highest BCUT2D eigenvalue weighted by Crippen LogP contribution is 2.41. The third-order valence-electron chi connectivity index (χ3n) is 5.30. The normalized spacial score (nSPS) is 27.0. The summed E-state index contributed by atoms with van der Waals surface area (Å²) in [6, 6.07) is 11.0. The average molecular weight is 323 g/mol. The lowest BCUT2D eigenvalue weighted by Crippen LogP contribution is -2.55. The number of benzene rings is 1. The number of rotatable bonds is 3. The summed E-state index contributed by atoms with van der Waals surface area (Å²) < 4.78 is 0. The lowest BCUT2D eigenvalue weighted by Gasteiger charge is -2.35. The molecule has 3 rings (SSSR count). The van der Waals surface area contributed by atoms with Gasteiger partial charge in [0.2, 0.25) is 5.91 Å². The van der Waals surface area contributed by atoms with E-state index >= 15 is 0 Å². The number of carbonyl (C=O) groups excluding carboxylic acids is 1. The molecule has 1 aliphatic heterocycles. The number of halogens is 1. The van der Waals surface area contributed by atoms with Gasteiger partial charge in [0, 0.05) is 12.1 Å². The third-order valence-corrected chi connectivity index (χ3v) is 5.30. The van der Waals surface area contributed by atoms with Crippen molar-refractivity contribution in [3.63, 3.8) is 0 Å². The van der Waals surface area contributed by atoms with Gasteiger partial charge in [-0.05, 0) is 44.7 Å². The van der Waals surface area contributed by atoms with E-state index in [2.05, 4.69) is 29.7 Å². The Morgan fingerprint density at radius 3 is 2.50 bits per heavy atom. The molecule has 122 valence electrons. The minimum absolute atomic E-state index is 0. The molecule has 2 unspecified atom stereocenters. The Hall–Kier alpha value is -1.06. The number of carbonyl (C=O) groups is 1. The lowest BCUT2D eigenvalue weighted by molar-refractivity contribution is -0.127. The molecule has 22 heavy (non-hydrogen) atoms. The van der Waals surface area contributed by atoms with E-state index in [1.165, 1.54) is 5.56 Å². The van der Waals surface area contributed by atoms with Gasteiger partial charge >= 0.3 is 0 Å². The van der Waals surface area contributed by atoms with Crippen LogP contribution in [0.15, 0.2) is 30.3 Å². The van der Waals surface area contributed by atoms with E-state index in [0.717, 1.165) is 45.1 Å². The van der Waals surface area contributed by atoms with Crippen molar-refractivity contribution >= 4 is 18.3 Å². The molecule has 4 heteroatoms. The molecule has 0 bridgehead atoms. The molecule has 1 aromatic carbocycles. The molecule has 0 spiro atoms. The highest BCUT2D eigenvalue weighted by Gasteiger charge is 2.43. The Morgan fingerprint density at radius 1 is 1.18 bits per heavy atom. The molecule has 2 N–H and O–H groups in total. The van der Waals surface area contributed by atoms with E-state index in [0.29, 0.717) is 6.04 Å². The van der Waals surface area contributed by atoms with Gasteiger partial charge in [-0.3, -0.25) is 4.79 Å². The first-order chi connectivity index (χ1) is 10.2. The zero-order chi connectivity index (χ0) is 14.7. The molecular weight excluding hydrogens is 296 g/mol. The molecule has 1 aliphatic carbocycles. The standard InChI is InChI=1S/C18H26N2O.ClH/c1-14-16(10-7-13-19-14)20-17(21)18(11-5-6-12-18)15-8-3-2-4-9-15;/h2-4,8-9,14,16,19H,5-7,10-13H2,1H3,(H,20,21);1H. The Morgan fingerprint density at radius 2 is 1.86 bits per heavy atom. The van der Waals surface area contributed by atoms with Gasteiger partial charge in [0.1, 0.15) is 0 Å². The molecule has 2 atom stereocenters. The summed E-state index contributed by atoms with van der Waals surface area (Å²) in [5.74, 6) is 0.242. The van der Waals surface area contributed by atoms with Crippen LogP contribution in [0.1, 0.15) is 51.0 Å². The highest BCUT2D eigenvalue weighted by molar-refractivity contribution is 5.88. The molecule has 2 aliphatic rings. The van der Waals surface area contributed by atoms with Crippen molar-refractivity contribution in [1.29, 1.82) is 0 Å². The minimum Gasteiger partial charge on any atom is -0.351 e. The molecule has 1 saturated heterocycles. The van der Waals surface area contributed by atoms with Crippen LogP contribution in [-0.4, -0.2) is 24.5 Å². The fourth-order valence-electron chi connectivity index (χ4n) is 3.93. The predicted molar refractivity (Wildman–Crippen MR) is 92.5 cm³/mol. The van der Waals surface area contributed by atoms with Crippen molar-refractivity contribution < 1.29 is 4.79 Å². The van der Waals surface area contributed by atoms with Crippen LogP contribution in [0.4, 0.5) is 0 Å². The van der Waals surface area contributed by atoms with E-state index in [9.17, 15) is 4.79 Å².